The van der Waals surface area contributed by atoms with Crippen LogP contribution in [0.5, 0.6) is 0 Å². The van der Waals surface area contributed by atoms with Crippen molar-refractivity contribution < 1.29 is 13.2 Å². The Hall–Kier alpha value is -1.51. The number of halogens is 3. The summed E-state index contributed by atoms with van der Waals surface area (Å²) >= 11 is 0. The summed E-state index contributed by atoms with van der Waals surface area (Å²) < 4.78 is 37.8. The summed E-state index contributed by atoms with van der Waals surface area (Å²) in [5.74, 6) is 0. The minimum atomic E-state index is -4.42. The van der Waals surface area contributed by atoms with Crippen molar-refractivity contribution in [3.05, 3.63) is 18.0 Å². The lowest BCUT2D eigenvalue weighted by molar-refractivity contribution is -0.141. The Morgan fingerprint density at radius 1 is 1.60 bits per heavy atom. The molecule has 6 heteroatoms. The molecule has 0 bridgehead atoms. The first kappa shape index (κ1) is 11.6. The second-order valence-corrected chi connectivity index (χ2v) is 3.10. The van der Waals surface area contributed by atoms with E-state index in [4.69, 9.17) is 5.26 Å². The molecule has 0 aromatic carbocycles. The maximum Gasteiger partial charge on any atom is 0.435 e. The Kier molecular flexibility index (Phi) is 3.35. The van der Waals surface area contributed by atoms with Crippen LogP contribution in [0.25, 0.3) is 0 Å². The topological polar surface area (TPSA) is 41.6 Å². The smallest absolute Gasteiger partial charge is 0.268 e. The molecule has 0 unspecified atom stereocenters. The molecule has 1 aromatic heterocycles. The highest BCUT2D eigenvalue weighted by Gasteiger charge is 2.33. The molecule has 3 nitrogen and oxygen atoms in total. The summed E-state index contributed by atoms with van der Waals surface area (Å²) in [6.45, 7) is 1.80. The fourth-order valence-electron chi connectivity index (χ4n) is 1.22. The highest BCUT2D eigenvalue weighted by Crippen LogP contribution is 2.28. The lowest BCUT2D eigenvalue weighted by atomic mass is 10.2. The van der Waals surface area contributed by atoms with Crippen molar-refractivity contribution in [3.63, 3.8) is 0 Å². The van der Waals surface area contributed by atoms with Gasteiger partial charge in [0.15, 0.2) is 5.69 Å². The fourth-order valence-corrected chi connectivity index (χ4v) is 1.22. The number of nitrogens with zero attached hydrogens (tertiary/aromatic N) is 3. The van der Waals surface area contributed by atoms with Crippen molar-refractivity contribution in [1.82, 2.24) is 9.78 Å². The molecule has 0 fully saturated rings. The largest absolute Gasteiger partial charge is 0.435 e. The average molecular weight is 217 g/mol. The predicted molar refractivity (Wildman–Crippen MR) is 46.8 cm³/mol. The number of rotatable bonds is 3. The third kappa shape index (κ3) is 2.72. The first-order valence-corrected chi connectivity index (χ1v) is 4.48. The Labute approximate surface area is 85.1 Å². The SMILES string of the molecule is CC[C@@H](CC#N)n1ccc(C(F)(F)F)n1. The van der Waals surface area contributed by atoms with E-state index in [0.717, 1.165) is 6.07 Å². The van der Waals surface area contributed by atoms with Gasteiger partial charge in [-0.2, -0.15) is 23.5 Å². The van der Waals surface area contributed by atoms with Crippen LogP contribution in [-0.4, -0.2) is 9.78 Å². The number of hydrogen-bond donors (Lipinski definition) is 0. The van der Waals surface area contributed by atoms with Gasteiger partial charge in [0.05, 0.1) is 18.5 Å². The summed E-state index contributed by atoms with van der Waals surface area (Å²) in [6.07, 6.45) is -2.42. The zero-order valence-corrected chi connectivity index (χ0v) is 8.12. The molecule has 15 heavy (non-hydrogen) atoms. The number of aromatic nitrogens is 2. The molecule has 0 aliphatic rings. The molecule has 0 saturated carbocycles. The van der Waals surface area contributed by atoms with Crippen LogP contribution < -0.4 is 0 Å². The minimum Gasteiger partial charge on any atom is -0.268 e. The molecular formula is C9H10F3N3. The quantitative estimate of drug-likeness (QED) is 0.781. The van der Waals surface area contributed by atoms with Crippen molar-refractivity contribution in [3.8, 4) is 6.07 Å². The number of hydrogen-bond acceptors (Lipinski definition) is 2. The summed E-state index contributed by atoms with van der Waals surface area (Å²) in [6, 6.07) is 2.55. The van der Waals surface area contributed by atoms with Crippen molar-refractivity contribution in [2.75, 3.05) is 0 Å². The van der Waals surface area contributed by atoms with E-state index >= 15 is 0 Å². The summed E-state index contributed by atoms with van der Waals surface area (Å²) in [7, 11) is 0. The van der Waals surface area contributed by atoms with Gasteiger partial charge in [-0.3, -0.25) is 4.68 Å². The molecule has 0 aliphatic carbocycles. The molecule has 1 aromatic rings. The van der Waals surface area contributed by atoms with Crippen molar-refractivity contribution in [2.24, 2.45) is 0 Å². The zero-order valence-electron chi connectivity index (χ0n) is 8.12. The summed E-state index contributed by atoms with van der Waals surface area (Å²) in [5, 5.41) is 11.9. The summed E-state index contributed by atoms with van der Waals surface area (Å²) in [4.78, 5) is 0. The minimum absolute atomic E-state index is 0.162. The average Bonchev–Trinajstić information content (AvgIpc) is 2.62. The van der Waals surface area contributed by atoms with Gasteiger partial charge >= 0.3 is 6.18 Å². The van der Waals surface area contributed by atoms with Crippen LogP contribution >= 0.6 is 0 Å². The molecule has 0 saturated heterocycles. The van der Waals surface area contributed by atoms with E-state index in [-0.39, 0.29) is 12.5 Å². The normalized spacial score (nSPS) is 13.5. The molecule has 1 heterocycles. The van der Waals surface area contributed by atoms with Gasteiger partial charge in [0.25, 0.3) is 0 Å². The van der Waals surface area contributed by atoms with Crippen LogP contribution in [-0.2, 0) is 6.18 Å². The third-order valence-electron chi connectivity index (χ3n) is 2.07. The first-order chi connectivity index (χ1) is 6.99. The van der Waals surface area contributed by atoms with Gasteiger partial charge in [-0.25, -0.2) is 0 Å². The molecule has 0 amide bonds. The maximum atomic E-state index is 12.2. The van der Waals surface area contributed by atoms with E-state index in [1.807, 2.05) is 6.07 Å². The fraction of sp³-hybridized carbons (Fsp3) is 0.556. The molecule has 1 rings (SSSR count). The van der Waals surface area contributed by atoms with Gasteiger partial charge in [-0.15, -0.1) is 0 Å². The van der Waals surface area contributed by atoms with Gasteiger partial charge in [0.2, 0.25) is 0 Å². The van der Waals surface area contributed by atoms with Crippen LogP contribution in [0.4, 0.5) is 13.2 Å². The monoisotopic (exact) mass is 217 g/mol. The Morgan fingerprint density at radius 2 is 2.27 bits per heavy atom. The Balaban J connectivity index is 2.88. The van der Waals surface area contributed by atoms with Crippen LogP contribution in [0.15, 0.2) is 12.3 Å². The van der Waals surface area contributed by atoms with Gasteiger partial charge in [-0.05, 0) is 12.5 Å². The van der Waals surface area contributed by atoms with E-state index in [9.17, 15) is 13.2 Å². The van der Waals surface area contributed by atoms with E-state index in [0.29, 0.717) is 6.42 Å². The molecule has 0 aliphatic heterocycles. The van der Waals surface area contributed by atoms with Gasteiger partial charge in [-0.1, -0.05) is 6.92 Å². The molecular weight excluding hydrogens is 207 g/mol. The molecule has 1 atom stereocenters. The zero-order chi connectivity index (χ0) is 11.5. The lowest BCUT2D eigenvalue weighted by Gasteiger charge is -2.11. The van der Waals surface area contributed by atoms with E-state index < -0.39 is 11.9 Å². The lowest BCUT2D eigenvalue weighted by Crippen LogP contribution is -2.11. The van der Waals surface area contributed by atoms with Crippen LogP contribution in [0.2, 0.25) is 0 Å². The van der Waals surface area contributed by atoms with Gasteiger partial charge in [0.1, 0.15) is 0 Å². The van der Waals surface area contributed by atoms with Crippen LogP contribution in [0.3, 0.4) is 0 Å². The van der Waals surface area contributed by atoms with Gasteiger partial charge < -0.3 is 0 Å². The van der Waals surface area contributed by atoms with E-state index in [2.05, 4.69) is 5.10 Å². The van der Waals surface area contributed by atoms with Crippen LogP contribution in [0.1, 0.15) is 31.5 Å². The second kappa shape index (κ2) is 4.34. The second-order valence-electron chi connectivity index (χ2n) is 3.10. The Morgan fingerprint density at radius 3 is 2.67 bits per heavy atom. The number of nitriles is 1. The Bertz CT molecular complexity index is 361. The standard InChI is InChI=1S/C9H10F3N3/c1-2-7(3-5-13)15-6-4-8(14-15)9(10,11)12/h4,6-7H,2-3H2,1H3/t7-/m0/s1. The highest BCUT2D eigenvalue weighted by molar-refractivity contribution is 5.04. The first-order valence-electron chi connectivity index (χ1n) is 4.48. The van der Waals surface area contributed by atoms with Gasteiger partial charge in [0, 0.05) is 6.20 Å². The maximum absolute atomic E-state index is 12.2. The van der Waals surface area contributed by atoms with E-state index in [1.54, 1.807) is 6.92 Å². The molecule has 0 spiro atoms. The molecule has 82 valence electrons. The van der Waals surface area contributed by atoms with Crippen LogP contribution in [0, 0.1) is 11.3 Å². The molecule has 0 N–H and O–H groups in total. The van der Waals surface area contributed by atoms with Crippen molar-refractivity contribution in [2.45, 2.75) is 32.0 Å². The molecule has 0 radical (unpaired) electrons. The van der Waals surface area contributed by atoms with Crippen molar-refractivity contribution >= 4 is 0 Å². The van der Waals surface area contributed by atoms with Crippen molar-refractivity contribution in [1.29, 1.82) is 5.26 Å². The summed E-state index contributed by atoms with van der Waals surface area (Å²) in [5.41, 5.74) is -0.918. The third-order valence-corrected chi connectivity index (χ3v) is 2.07. The number of alkyl halides is 3. The predicted octanol–water partition coefficient (Wildman–Crippen LogP) is 2.77. The highest BCUT2D eigenvalue weighted by atomic mass is 19.4. The van der Waals surface area contributed by atoms with E-state index in [1.165, 1.54) is 10.9 Å².